The van der Waals surface area contributed by atoms with Gasteiger partial charge in [-0.3, -0.25) is 4.79 Å². The van der Waals surface area contributed by atoms with E-state index >= 15 is 0 Å². The van der Waals surface area contributed by atoms with Crippen molar-refractivity contribution in [1.29, 1.82) is 0 Å². The predicted octanol–water partition coefficient (Wildman–Crippen LogP) is 4.40. The van der Waals surface area contributed by atoms with E-state index in [-0.39, 0.29) is 17.6 Å². The average Bonchev–Trinajstić information content (AvgIpc) is 3.17. The molecule has 4 rings (SSSR count). The maximum Gasteiger partial charge on any atom is 0.416 e. The first-order valence-corrected chi connectivity index (χ1v) is 8.89. The van der Waals surface area contributed by atoms with Gasteiger partial charge in [0.2, 0.25) is 5.91 Å². The summed E-state index contributed by atoms with van der Waals surface area (Å²) in [5, 5.41) is 4.77. The van der Waals surface area contributed by atoms with Crippen LogP contribution in [0.1, 0.15) is 23.6 Å². The molecule has 28 heavy (non-hydrogen) atoms. The lowest BCUT2D eigenvalue weighted by Crippen LogP contribution is -2.39. The molecule has 1 saturated heterocycles. The van der Waals surface area contributed by atoms with Crippen molar-refractivity contribution in [1.82, 2.24) is 10.9 Å². The Labute approximate surface area is 159 Å². The number of fused-ring (bicyclic) bond motifs is 1. The molecular weight excluding hydrogens is 367 g/mol. The fourth-order valence-electron chi connectivity index (χ4n) is 3.49. The molecule has 1 aliphatic heterocycles. The van der Waals surface area contributed by atoms with Crippen LogP contribution >= 0.6 is 0 Å². The highest BCUT2D eigenvalue weighted by molar-refractivity contribution is 5.95. The predicted molar refractivity (Wildman–Crippen MR) is 101 cm³/mol. The van der Waals surface area contributed by atoms with Crippen LogP contribution in [0.25, 0.3) is 10.8 Å². The molecule has 2 atom stereocenters. The first kappa shape index (κ1) is 18.5. The van der Waals surface area contributed by atoms with Crippen LogP contribution in [0, 0.1) is 0 Å². The number of hydrogen-bond donors (Lipinski definition) is 3. The van der Waals surface area contributed by atoms with Gasteiger partial charge in [0.25, 0.3) is 0 Å². The minimum absolute atomic E-state index is 0.0802. The van der Waals surface area contributed by atoms with Crippen molar-refractivity contribution in [2.75, 3.05) is 5.32 Å². The van der Waals surface area contributed by atoms with Gasteiger partial charge in [-0.2, -0.15) is 13.2 Å². The van der Waals surface area contributed by atoms with Crippen molar-refractivity contribution in [2.45, 2.75) is 24.7 Å². The largest absolute Gasteiger partial charge is 0.416 e. The van der Waals surface area contributed by atoms with Crippen LogP contribution in [0.5, 0.6) is 0 Å². The van der Waals surface area contributed by atoms with Crippen LogP contribution in [0.3, 0.4) is 0 Å². The molecule has 1 amide bonds. The highest BCUT2D eigenvalue weighted by Gasteiger charge is 2.32. The van der Waals surface area contributed by atoms with Gasteiger partial charge in [-0.15, -0.1) is 0 Å². The third-order valence-corrected chi connectivity index (χ3v) is 4.88. The Morgan fingerprint density at radius 3 is 2.54 bits per heavy atom. The molecule has 0 spiro atoms. The summed E-state index contributed by atoms with van der Waals surface area (Å²) in [6.07, 6.45) is -3.97. The van der Waals surface area contributed by atoms with Crippen molar-refractivity contribution < 1.29 is 18.0 Å². The van der Waals surface area contributed by atoms with E-state index in [1.54, 1.807) is 0 Å². The fourth-order valence-corrected chi connectivity index (χ4v) is 3.49. The monoisotopic (exact) mass is 385 g/mol. The minimum atomic E-state index is -4.45. The molecule has 2 unspecified atom stereocenters. The fraction of sp³-hybridized carbons (Fsp3) is 0.190. The third-order valence-electron chi connectivity index (χ3n) is 4.88. The van der Waals surface area contributed by atoms with Crippen molar-refractivity contribution in [3.05, 3.63) is 77.9 Å². The lowest BCUT2D eigenvalue weighted by molar-refractivity contribution is -0.137. The van der Waals surface area contributed by atoms with Crippen LogP contribution in [-0.2, 0) is 11.0 Å². The van der Waals surface area contributed by atoms with Crippen LogP contribution < -0.4 is 16.2 Å². The number of halogens is 3. The molecule has 3 aromatic rings. The Hall–Kier alpha value is -2.90. The van der Waals surface area contributed by atoms with Gasteiger partial charge in [-0.25, -0.2) is 10.9 Å². The molecular formula is C21H18F3N3O. The molecule has 1 fully saturated rings. The van der Waals surface area contributed by atoms with Gasteiger partial charge in [0.15, 0.2) is 0 Å². The van der Waals surface area contributed by atoms with Crippen molar-refractivity contribution >= 4 is 22.4 Å². The van der Waals surface area contributed by atoms with Gasteiger partial charge in [0.1, 0.15) is 6.04 Å². The van der Waals surface area contributed by atoms with E-state index in [4.69, 9.17) is 0 Å². The number of rotatable bonds is 3. The van der Waals surface area contributed by atoms with Crippen LogP contribution in [0.15, 0.2) is 66.7 Å². The number of amides is 1. The Kier molecular flexibility index (Phi) is 4.78. The minimum Gasteiger partial charge on any atom is -0.325 e. The van der Waals surface area contributed by atoms with E-state index in [2.05, 4.69) is 16.2 Å². The molecule has 0 aliphatic carbocycles. The molecule has 0 aromatic heterocycles. The summed E-state index contributed by atoms with van der Waals surface area (Å²) < 4.78 is 38.5. The molecule has 0 radical (unpaired) electrons. The molecule has 7 heteroatoms. The first-order valence-electron chi connectivity index (χ1n) is 8.89. The molecule has 144 valence electrons. The Morgan fingerprint density at radius 1 is 0.964 bits per heavy atom. The molecule has 0 saturated carbocycles. The number of hydrogen-bond acceptors (Lipinski definition) is 3. The van der Waals surface area contributed by atoms with Crippen molar-refractivity contribution in [3.63, 3.8) is 0 Å². The molecule has 1 heterocycles. The van der Waals surface area contributed by atoms with E-state index in [9.17, 15) is 18.0 Å². The first-order chi connectivity index (χ1) is 13.4. The summed E-state index contributed by atoms with van der Waals surface area (Å²) >= 11 is 0. The Bertz CT molecular complexity index is 1010. The molecule has 0 bridgehead atoms. The molecule has 3 aromatic carbocycles. The van der Waals surface area contributed by atoms with E-state index in [1.165, 1.54) is 12.1 Å². The zero-order valence-corrected chi connectivity index (χ0v) is 14.8. The van der Waals surface area contributed by atoms with Gasteiger partial charge in [-0.05, 0) is 41.0 Å². The lowest BCUT2D eigenvalue weighted by Gasteiger charge is -2.13. The number of carbonyl (C=O) groups is 1. The Morgan fingerprint density at radius 2 is 1.71 bits per heavy atom. The molecule has 3 N–H and O–H groups in total. The van der Waals surface area contributed by atoms with Gasteiger partial charge in [0.05, 0.1) is 5.56 Å². The summed E-state index contributed by atoms with van der Waals surface area (Å²) in [7, 11) is 0. The maximum absolute atomic E-state index is 12.8. The number of anilines is 1. The SMILES string of the molecule is O=C(Nc1cccc(C(F)(F)F)c1)C1CC(c2cccc3ccccc23)NN1. The zero-order chi connectivity index (χ0) is 19.7. The number of hydrazine groups is 1. The highest BCUT2D eigenvalue weighted by Crippen LogP contribution is 2.32. The summed E-state index contributed by atoms with van der Waals surface area (Å²) in [6.45, 7) is 0. The summed E-state index contributed by atoms with van der Waals surface area (Å²) in [6, 6.07) is 18.0. The highest BCUT2D eigenvalue weighted by atomic mass is 19.4. The second kappa shape index (κ2) is 7.26. The second-order valence-electron chi connectivity index (χ2n) is 6.77. The van der Waals surface area contributed by atoms with E-state index < -0.39 is 17.8 Å². The zero-order valence-electron chi connectivity index (χ0n) is 14.8. The van der Waals surface area contributed by atoms with Crippen LogP contribution in [-0.4, -0.2) is 11.9 Å². The standard InChI is InChI=1S/C21H18F3N3O/c22-21(23,24)14-7-4-8-15(11-14)25-20(28)19-12-18(26-27-19)17-10-3-6-13-5-1-2-9-16(13)17/h1-11,18-19,26-27H,12H2,(H,25,28). The quantitative estimate of drug-likeness (QED) is 0.626. The Balaban J connectivity index is 1.48. The summed E-state index contributed by atoms with van der Waals surface area (Å²) in [5.74, 6) is -0.380. The van der Waals surface area contributed by atoms with Crippen LogP contribution in [0.4, 0.5) is 18.9 Å². The van der Waals surface area contributed by atoms with Crippen LogP contribution in [0.2, 0.25) is 0 Å². The topological polar surface area (TPSA) is 53.2 Å². The maximum atomic E-state index is 12.8. The number of alkyl halides is 3. The van der Waals surface area contributed by atoms with Gasteiger partial charge in [0, 0.05) is 11.7 Å². The lowest BCUT2D eigenvalue weighted by atomic mass is 9.96. The van der Waals surface area contributed by atoms with Gasteiger partial charge < -0.3 is 5.32 Å². The average molecular weight is 385 g/mol. The van der Waals surface area contributed by atoms with Crippen molar-refractivity contribution in [3.8, 4) is 0 Å². The summed E-state index contributed by atoms with van der Waals surface area (Å²) in [5.41, 5.74) is 6.47. The molecule has 1 aliphatic rings. The normalized spacial score (nSPS) is 19.7. The second-order valence-corrected chi connectivity index (χ2v) is 6.77. The molecule has 4 nitrogen and oxygen atoms in total. The van der Waals surface area contributed by atoms with E-state index in [1.807, 2.05) is 42.5 Å². The van der Waals surface area contributed by atoms with Gasteiger partial charge >= 0.3 is 6.18 Å². The number of carbonyl (C=O) groups excluding carboxylic acids is 1. The van der Waals surface area contributed by atoms with E-state index in [0.717, 1.165) is 28.5 Å². The number of benzene rings is 3. The number of nitrogens with one attached hydrogen (secondary N) is 3. The van der Waals surface area contributed by atoms with Gasteiger partial charge in [-0.1, -0.05) is 48.5 Å². The van der Waals surface area contributed by atoms with Crippen molar-refractivity contribution in [2.24, 2.45) is 0 Å². The third kappa shape index (κ3) is 3.72. The smallest absolute Gasteiger partial charge is 0.325 e. The van der Waals surface area contributed by atoms with E-state index in [0.29, 0.717) is 6.42 Å². The summed E-state index contributed by atoms with van der Waals surface area (Å²) in [4.78, 5) is 12.5.